The zero-order valence-electron chi connectivity index (χ0n) is 9.70. The van der Waals surface area contributed by atoms with Crippen molar-refractivity contribution in [2.24, 2.45) is 5.92 Å². The Morgan fingerprint density at radius 1 is 1.57 bits per heavy atom. The van der Waals surface area contributed by atoms with Gasteiger partial charge in [0.15, 0.2) is 0 Å². The van der Waals surface area contributed by atoms with Crippen LogP contribution in [0.4, 0.5) is 0 Å². The van der Waals surface area contributed by atoms with Crippen LogP contribution in [0.15, 0.2) is 0 Å². The van der Waals surface area contributed by atoms with E-state index in [1.165, 1.54) is 7.11 Å². The van der Waals surface area contributed by atoms with Gasteiger partial charge in [-0.2, -0.15) is 0 Å². The van der Waals surface area contributed by atoms with Crippen LogP contribution < -0.4 is 0 Å². The number of nitrogens with zero attached hydrogens (tertiary/aromatic N) is 1. The molecule has 0 aromatic carbocycles. The Hall–Kier alpha value is -0.610. The first kappa shape index (κ1) is 13.4. The molecule has 0 fully saturated rings. The van der Waals surface area contributed by atoms with Gasteiger partial charge in [-0.05, 0) is 19.9 Å². The smallest absolute Gasteiger partial charge is 0.326 e. The van der Waals surface area contributed by atoms with Gasteiger partial charge in [-0.25, -0.2) is 0 Å². The molecule has 1 N–H and O–H groups in total. The Morgan fingerprint density at radius 2 is 2.07 bits per heavy atom. The third-order valence-corrected chi connectivity index (χ3v) is 2.37. The van der Waals surface area contributed by atoms with Crippen molar-refractivity contribution < 1.29 is 14.6 Å². The number of methoxy groups -OCH3 is 1. The molecule has 0 saturated carbocycles. The van der Waals surface area contributed by atoms with Gasteiger partial charge in [-0.3, -0.25) is 9.69 Å². The number of carboxylic acid groups (broad SMARTS) is 1. The van der Waals surface area contributed by atoms with Crippen LogP contribution in [0, 0.1) is 5.92 Å². The van der Waals surface area contributed by atoms with E-state index in [9.17, 15) is 4.79 Å². The van der Waals surface area contributed by atoms with Gasteiger partial charge in [-0.15, -0.1) is 0 Å². The molecular weight excluding hydrogens is 182 g/mol. The predicted molar refractivity (Wildman–Crippen MR) is 55.4 cm³/mol. The molecule has 0 radical (unpaired) electrons. The van der Waals surface area contributed by atoms with Crippen LogP contribution in [-0.4, -0.2) is 48.8 Å². The van der Waals surface area contributed by atoms with Crippen LogP contribution in [0.3, 0.4) is 0 Å². The Labute approximate surface area is 85.9 Å². The van der Waals surface area contributed by atoms with E-state index >= 15 is 0 Å². The highest BCUT2D eigenvalue weighted by Crippen LogP contribution is 2.15. The highest BCUT2D eigenvalue weighted by atomic mass is 16.5. The molecule has 0 aliphatic heterocycles. The summed E-state index contributed by atoms with van der Waals surface area (Å²) < 4.78 is 4.95. The van der Waals surface area contributed by atoms with E-state index in [4.69, 9.17) is 9.84 Å². The Bertz CT molecular complexity index is 194. The van der Waals surface area contributed by atoms with Crippen LogP contribution in [0.5, 0.6) is 0 Å². The first-order valence-electron chi connectivity index (χ1n) is 4.78. The van der Waals surface area contributed by atoms with Gasteiger partial charge in [0, 0.05) is 13.7 Å². The molecule has 4 nitrogen and oxygen atoms in total. The van der Waals surface area contributed by atoms with Crippen molar-refractivity contribution in [2.75, 3.05) is 27.3 Å². The van der Waals surface area contributed by atoms with E-state index in [-0.39, 0.29) is 6.61 Å². The minimum Gasteiger partial charge on any atom is -0.480 e. The van der Waals surface area contributed by atoms with E-state index in [1.54, 1.807) is 6.92 Å². The van der Waals surface area contributed by atoms with E-state index in [2.05, 4.69) is 13.8 Å². The molecule has 0 heterocycles. The maximum atomic E-state index is 11.1. The maximum absolute atomic E-state index is 11.1. The fourth-order valence-corrected chi connectivity index (χ4v) is 1.37. The normalized spacial score (nSPS) is 15.9. The first-order valence-corrected chi connectivity index (χ1v) is 4.78. The lowest BCUT2D eigenvalue weighted by atomic mass is 10.0. The SMILES string of the molecule is COCC(C)(C(=O)O)N(C)CC(C)C. The number of aliphatic carboxylic acids is 1. The summed E-state index contributed by atoms with van der Waals surface area (Å²) in [5.41, 5.74) is -0.932. The molecule has 0 amide bonds. The van der Waals surface area contributed by atoms with E-state index in [0.29, 0.717) is 5.92 Å². The molecule has 0 aromatic heterocycles. The minimum absolute atomic E-state index is 0.200. The number of carbonyl (C=O) groups is 1. The summed E-state index contributed by atoms with van der Waals surface area (Å²) in [6.45, 7) is 6.75. The van der Waals surface area contributed by atoms with Crippen molar-refractivity contribution in [3.8, 4) is 0 Å². The fraction of sp³-hybridized carbons (Fsp3) is 0.900. The van der Waals surface area contributed by atoms with E-state index in [1.807, 2.05) is 11.9 Å². The third kappa shape index (κ3) is 3.27. The monoisotopic (exact) mass is 203 g/mol. The molecule has 0 aliphatic rings. The lowest BCUT2D eigenvalue weighted by Gasteiger charge is -2.35. The average Bonchev–Trinajstić information content (AvgIpc) is 2.02. The Kier molecular flexibility index (Phi) is 5.08. The van der Waals surface area contributed by atoms with Crippen LogP contribution in [0.25, 0.3) is 0 Å². The number of hydrogen-bond donors (Lipinski definition) is 1. The number of rotatable bonds is 6. The zero-order valence-corrected chi connectivity index (χ0v) is 9.70. The van der Waals surface area contributed by atoms with Crippen molar-refractivity contribution >= 4 is 5.97 Å². The second kappa shape index (κ2) is 5.32. The summed E-state index contributed by atoms with van der Waals surface area (Å²) in [6.07, 6.45) is 0. The zero-order chi connectivity index (χ0) is 11.4. The van der Waals surface area contributed by atoms with Crippen LogP contribution in [-0.2, 0) is 9.53 Å². The topological polar surface area (TPSA) is 49.8 Å². The summed E-state index contributed by atoms with van der Waals surface area (Å²) in [5, 5.41) is 9.13. The molecule has 4 heteroatoms. The molecule has 0 aliphatic carbocycles. The van der Waals surface area contributed by atoms with Crippen LogP contribution in [0.2, 0.25) is 0 Å². The summed E-state index contributed by atoms with van der Waals surface area (Å²) in [7, 11) is 3.33. The predicted octanol–water partition coefficient (Wildman–Crippen LogP) is 1.06. The van der Waals surface area contributed by atoms with Gasteiger partial charge in [0.25, 0.3) is 0 Å². The molecular formula is C10H21NO3. The first-order chi connectivity index (χ1) is 6.34. The second-order valence-electron chi connectivity index (χ2n) is 4.29. The standard InChI is InChI=1S/C10H21NO3/c1-8(2)6-11(4)10(3,7-14-5)9(12)13/h8H,6-7H2,1-5H3,(H,12,13). The molecule has 84 valence electrons. The molecule has 0 saturated heterocycles. The molecule has 0 spiro atoms. The van der Waals surface area contributed by atoms with Gasteiger partial charge in [0.05, 0.1) is 6.61 Å². The Morgan fingerprint density at radius 3 is 2.36 bits per heavy atom. The largest absolute Gasteiger partial charge is 0.480 e. The average molecular weight is 203 g/mol. The molecule has 14 heavy (non-hydrogen) atoms. The fourth-order valence-electron chi connectivity index (χ4n) is 1.37. The van der Waals surface area contributed by atoms with Gasteiger partial charge in [0.2, 0.25) is 0 Å². The van der Waals surface area contributed by atoms with Crippen LogP contribution >= 0.6 is 0 Å². The molecule has 0 rings (SSSR count). The Balaban J connectivity index is 4.55. The van der Waals surface area contributed by atoms with E-state index in [0.717, 1.165) is 6.54 Å². The maximum Gasteiger partial charge on any atom is 0.326 e. The van der Waals surface area contributed by atoms with Crippen molar-refractivity contribution in [1.29, 1.82) is 0 Å². The van der Waals surface area contributed by atoms with Gasteiger partial charge >= 0.3 is 5.97 Å². The minimum atomic E-state index is -0.932. The van der Waals surface area contributed by atoms with Gasteiger partial charge in [-0.1, -0.05) is 13.8 Å². The molecule has 0 aromatic rings. The van der Waals surface area contributed by atoms with E-state index < -0.39 is 11.5 Å². The highest BCUT2D eigenvalue weighted by Gasteiger charge is 2.37. The summed E-state index contributed by atoms with van der Waals surface area (Å²) >= 11 is 0. The van der Waals surface area contributed by atoms with Crippen molar-refractivity contribution in [3.05, 3.63) is 0 Å². The van der Waals surface area contributed by atoms with Crippen molar-refractivity contribution in [1.82, 2.24) is 4.90 Å². The van der Waals surface area contributed by atoms with Crippen LogP contribution in [0.1, 0.15) is 20.8 Å². The third-order valence-electron chi connectivity index (χ3n) is 2.37. The highest BCUT2D eigenvalue weighted by molar-refractivity contribution is 5.78. The number of likely N-dealkylation sites (N-methyl/N-ethyl adjacent to an activating group) is 1. The molecule has 1 unspecified atom stereocenters. The number of hydrogen-bond acceptors (Lipinski definition) is 3. The quantitative estimate of drug-likeness (QED) is 0.701. The molecule has 0 bridgehead atoms. The number of carboxylic acids is 1. The van der Waals surface area contributed by atoms with Crippen molar-refractivity contribution in [3.63, 3.8) is 0 Å². The van der Waals surface area contributed by atoms with Gasteiger partial charge in [0.1, 0.15) is 5.54 Å². The lowest BCUT2D eigenvalue weighted by molar-refractivity contribution is -0.153. The van der Waals surface area contributed by atoms with Gasteiger partial charge < -0.3 is 9.84 Å². The second-order valence-corrected chi connectivity index (χ2v) is 4.29. The van der Waals surface area contributed by atoms with Crippen molar-refractivity contribution in [2.45, 2.75) is 26.3 Å². The lowest BCUT2D eigenvalue weighted by Crippen LogP contribution is -2.54. The number of ether oxygens (including phenoxy) is 1. The molecule has 1 atom stereocenters. The summed E-state index contributed by atoms with van der Waals surface area (Å²) in [5.74, 6) is -0.405. The summed E-state index contributed by atoms with van der Waals surface area (Å²) in [6, 6.07) is 0. The summed E-state index contributed by atoms with van der Waals surface area (Å²) in [4.78, 5) is 12.9.